The van der Waals surface area contributed by atoms with Crippen molar-refractivity contribution >= 4 is 46.4 Å². The highest BCUT2D eigenvalue weighted by Gasteiger charge is 2.33. The van der Waals surface area contributed by atoms with Crippen molar-refractivity contribution in [2.24, 2.45) is 4.99 Å². The monoisotopic (exact) mass is 403 g/mol. The second-order valence-electron chi connectivity index (χ2n) is 5.39. The van der Waals surface area contributed by atoms with Crippen LogP contribution in [0.3, 0.4) is 0 Å². The number of hydrogen-bond donors (Lipinski definition) is 0. The van der Waals surface area contributed by atoms with Crippen LogP contribution < -0.4 is 5.01 Å². The van der Waals surface area contributed by atoms with Gasteiger partial charge in [-0.05, 0) is 30.4 Å². The average Bonchev–Trinajstić information content (AvgIpc) is 3.16. The molecule has 9 heteroatoms. The third-order valence-electron chi connectivity index (χ3n) is 3.74. The smallest absolute Gasteiger partial charge is 0.227 e. The molecule has 6 nitrogen and oxygen atoms in total. The summed E-state index contributed by atoms with van der Waals surface area (Å²) in [6.45, 7) is 0. The van der Waals surface area contributed by atoms with Crippen LogP contribution in [0.25, 0.3) is 0 Å². The molecule has 2 heterocycles. The molecular formula is C17H11Cl2N5OS. The Kier molecular flexibility index (Phi) is 4.58. The molecule has 0 amide bonds. The topological polar surface area (TPSA) is 55.5 Å². The molecule has 1 aromatic heterocycles. The van der Waals surface area contributed by atoms with E-state index in [0.717, 1.165) is 5.56 Å². The molecule has 1 unspecified atom stereocenters. The summed E-state index contributed by atoms with van der Waals surface area (Å²) in [5.74, 6) is 0.329. The van der Waals surface area contributed by atoms with E-state index >= 15 is 0 Å². The number of nitrogens with zero attached hydrogens (tertiary/aromatic N) is 5. The van der Waals surface area contributed by atoms with E-state index in [2.05, 4.69) is 15.2 Å². The number of ether oxygens (including phenoxy) is 1. The van der Waals surface area contributed by atoms with E-state index in [4.69, 9.17) is 40.2 Å². The number of halogens is 2. The van der Waals surface area contributed by atoms with Crippen molar-refractivity contribution < 1.29 is 4.74 Å². The number of benzene rings is 2. The predicted octanol–water partition coefficient (Wildman–Crippen LogP) is 3.98. The third-order valence-corrected chi connectivity index (χ3v) is 4.57. The van der Waals surface area contributed by atoms with E-state index in [1.807, 2.05) is 30.3 Å². The largest absolute Gasteiger partial charge is 0.447 e. The summed E-state index contributed by atoms with van der Waals surface area (Å²) in [5, 5.41) is 10.6. The summed E-state index contributed by atoms with van der Waals surface area (Å²) in [7, 11) is 0. The van der Waals surface area contributed by atoms with Gasteiger partial charge in [0.1, 0.15) is 12.7 Å². The van der Waals surface area contributed by atoms with Gasteiger partial charge in [-0.25, -0.2) is 9.69 Å². The summed E-state index contributed by atoms with van der Waals surface area (Å²) in [5.41, 5.74) is 1.50. The fourth-order valence-electron chi connectivity index (χ4n) is 2.56. The van der Waals surface area contributed by atoms with E-state index in [9.17, 15) is 0 Å². The van der Waals surface area contributed by atoms with Gasteiger partial charge in [0, 0.05) is 10.6 Å². The highest BCUT2D eigenvalue weighted by atomic mass is 35.5. The van der Waals surface area contributed by atoms with Crippen molar-refractivity contribution in [1.82, 2.24) is 14.9 Å². The molecule has 1 aliphatic rings. The van der Waals surface area contributed by atoms with Crippen molar-refractivity contribution in [1.29, 1.82) is 0 Å². The second kappa shape index (κ2) is 7.03. The van der Waals surface area contributed by atoms with Crippen molar-refractivity contribution in [2.45, 2.75) is 6.23 Å². The number of rotatable bonds is 3. The van der Waals surface area contributed by atoms with Crippen LogP contribution in [0, 0.1) is 0 Å². The summed E-state index contributed by atoms with van der Waals surface area (Å²) >= 11 is 17.8. The van der Waals surface area contributed by atoms with Crippen LogP contribution in [0.1, 0.15) is 17.4 Å². The lowest BCUT2D eigenvalue weighted by Crippen LogP contribution is -2.46. The van der Waals surface area contributed by atoms with Crippen LogP contribution in [0.2, 0.25) is 10.0 Å². The van der Waals surface area contributed by atoms with Gasteiger partial charge in [-0.15, -0.1) is 10.2 Å². The fraction of sp³-hybridized carbons (Fsp3) is 0.0588. The quantitative estimate of drug-likeness (QED) is 0.618. The van der Waals surface area contributed by atoms with Crippen LogP contribution in [0.4, 0.5) is 0 Å². The zero-order valence-electron chi connectivity index (χ0n) is 13.2. The van der Waals surface area contributed by atoms with Gasteiger partial charge in [0.15, 0.2) is 0 Å². The first-order valence-electron chi connectivity index (χ1n) is 7.57. The Hall–Kier alpha value is -2.48. The van der Waals surface area contributed by atoms with E-state index in [-0.39, 0.29) is 0 Å². The zero-order chi connectivity index (χ0) is 18.1. The fourth-order valence-corrected chi connectivity index (χ4v) is 3.32. The Bertz CT molecular complexity index is 978. The summed E-state index contributed by atoms with van der Waals surface area (Å²) < 4.78 is 7.80. The Morgan fingerprint density at radius 2 is 1.73 bits per heavy atom. The Morgan fingerprint density at radius 1 is 1.00 bits per heavy atom. The van der Waals surface area contributed by atoms with Gasteiger partial charge in [-0.1, -0.05) is 53.5 Å². The van der Waals surface area contributed by atoms with Crippen LogP contribution in [-0.4, -0.2) is 25.9 Å². The average molecular weight is 404 g/mol. The first kappa shape index (κ1) is 17.0. The number of hydrogen-bond acceptors (Lipinski definition) is 4. The van der Waals surface area contributed by atoms with Gasteiger partial charge in [-0.3, -0.25) is 0 Å². The lowest BCUT2D eigenvalue weighted by atomic mass is 10.1. The molecule has 2 aromatic carbocycles. The Morgan fingerprint density at radius 3 is 2.42 bits per heavy atom. The van der Waals surface area contributed by atoms with Crippen molar-refractivity contribution in [2.75, 3.05) is 5.01 Å². The van der Waals surface area contributed by atoms with Crippen molar-refractivity contribution in [3.8, 4) is 0 Å². The Balaban J connectivity index is 1.80. The van der Waals surface area contributed by atoms with Gasteiger partial charge in [-0.2, -0.15) is 4.99 Å². The molecule has 0 aliphatic carbocycles. The van der Waals surface area contributed by atoms with E-state index < -0.39 is 6.23 Å². The Labute approximate surface area is 164 Å². The van der Waals surface area contributed by atoms with Gasteiger partial charge >= 0.3 is 0 Å². The molecule has 130 valence electrons. The van der Waals surface area contributed by atoms with E-state index in [0.29, 0.717) is 26.6 Å². The number of aromatic nitrogens is 3. The van der Waals surface area contributed by atoms with Gasteiger partial charge < -0.3 is 4.74 Å². The minimum absolute atomic E-state index is 0.297. The molecule has 1 atom stereocenters. The zero-order valence-corrected chi connectivity index (χ0v) is 15.5. The van der Waals surface area contributed by atoms with Crippen molar-refractivity contribution in [3.05, 3.63) is 82.4 Å². The van der Waals surface area contributed by atoms with Gasteiger partial charge in [0.25, 0.3) is 0 Å². The first-order chi connectivity index (χ1) is 12.6. The van der Waals surface area contributed by atoms with Crippen LogP contribution in [0.15, 0.2) is 66.2 Å². The second-order valence-corrected chi connectivity index (χ2v) is 6.60. The SMILES string of the molecule is S=C1N=C(c2ccc(Cl)cc2Cl)OC(c2ccccc2)N1n1cnnc1. The molecule has 4 rings (SSSR count). The highest BCUT2D eigenvalue weighted by Crippen LogP contribution is 2.30. The van der Waals surface area contributed by atoms with Crippen LogP contribution >= 0.6 is 35.4 Å². The predicted molar refractivity (Wildman–Crippen MR) is 104 cm³/mol. The first-order valence-corrected chi connectivity index (χ1v) is 8.74. The maximum Gasteiger partial charge on any atom is 0.227 e. The van der Waals surface area contributed by atoms with Crippen LogP contribution in [-0.2, 0) is 4.74 Å². The number of thiocarbonyl (C=S) groups is 1. The van der Waals surface area contributed by atoms with Crippen molar-refractivity contribution in [3.63, 3.8) is 0 Å². The van der Waals surface area contributed by atoms with Gasteiger partial charge in [0.2, 0.25) is 17.2 Å². The molecular weight excluding hydrogens is 393 g/mol. The maximum atomic E-state index is 6.31. The maximum absolute atomic E-state index is 6.31. The molecule has 0 saturated heterocycles. The summed E-state index contributed by atoms with van der Waals surface area (Å²) in [4.78, 5) is 4.40. The summed E-state index contributed by atoms with van der Waals surface area (Å²) in [6, 6.07) is 14.8. The molecule has 1 aliphatic heterocycles. The molecule has 3 aromatic rings. The lowest BCUT2D eigenvalue weighted by molar-refractivity contribution is 0.172. The molecule has 26 heavy (non-hydrogen) atoms. The van der Waals surface area contributed by atoms with Crippen LogP contribution in [0.5, 0.6) is 0 Å². The minimum Gasteiger partial charge on any atom is -0.447 e. The minimum atomic E-state index is -0.557. The summed E-state index contributed by atoms with van der Waals surface area (Å²) in [6.07, 6.45) is 2.50. The van der Waals surface area contributed by atoms with E-state index in [1.165, 1.54) is 12.7 Å². The molecule has 0 radical (unpaired) electrons. The molecule has 0 N–H and O–H groups in total. The molecule has 0 spiro atoms. The normalized spacial score (nSPS) is 17.0. The standard InChI is InChI=1S/C17H11Cl2N5OS/c18-12-6-7-13(14(19)8-12)15-22-17(26)24(23-9-20-21-10-23)16(25-15)11-4-2-1-3-5-11/h1-10,16H. The molecule has 0 bridgehead atoms. The van der Waals surface area contributed by atoms with Gasteiger partial charge in [0.05, 0.1) is 10.6 Å². The lowest BCUT2D eigenvalue weighted by Gasteiger charge is -2.35. The molecule has 0 saturated carbocycles. The third kappa shape index (κ3) is 3.16. The highest BCUT2D eigenvalue weighted by molar-refractivity contribution is 7.80. The van der Waals surface area contributed by atoms with E-state index in [1.54, 1.807) is 27.9 Å². The number of aliphatic imine (C=N–C) groups is 1. The molecule has 0 fully saturated rings.